The van der Waals surface area contributed by atoms with Crippen molar-refractivity contribution in [3.63, 3.8) is 0 Å². The van der Waals surface area contributed by atoms with Gasteiger partial charge < -0.3 is 15.5 Å². The van der Waals surface area contributed by atoms with Crippen LogP contribution in [-0.4, -0.2) is 30.1 Å². The summed E-state index contributed by atoms with van der Waals surface area (Å²) >= 11 is 5.97. The molecule has 3 aromatic carbocycles. The number of amides is 4. The molecule has 1 aliphatic heterocycles. The molecule has 0 saturated carbocycles. The molecule has 0 radical (unpaired) electrons. The number of anilines is 3. The Bertz CT molecular complexity index is 1110. The first-order valence-corrected chi connectivity index (χ1v) is 11.0. The quantitative estimate of drug-likeness (QED) is 0.475. The lowest BCUT2D eigenvalue weighted by Gasteiger charge is -2.39. The van der Waals surface area contributed by atoms with Crippen LogP contribution in [0.1, 0.15) is 24.9 Å². The molecule has 1 fully saturated rings. The van der Waals surface area contributed by atoms with Gasteiger partial charge in [0.15, 0.2) is 0 Å². The number of hydrogen-bond acceptors (Lipinski definition) is 2. The van der Waals surface area contributed by atoms with Crippen molar-refractivity contribution in [2.24, 2.45) is 0 Å². The third-order valence-corrected chi connectivity index (χ3v) is 5.74. The molecule has 1 aliphatic rings. The molecule has 0 aromatic heterocycles. The normalized spacial score (nSPS) is 14.8. The Morgan fingerprint density at radius 3 is 2.31 bits per heavy atom. The van der Waals surface area contributed by atoms with Crippen LogP contribution in [-0.2, 0) is 0 Å². The van der Waals surface area contributed by atoms with E-state index in [1.807, 2.05) is 53.4 Å². The molecule has 4 rings (SSSR count). The number of urea groups is 2. The Labute approximate surface area is 192 Å². The van der Waals surface area contributed by atoms with Gasteiger partial charge in [-0.25, -0.2) is 9.59 Å². The van der Waals surface area contributed by atoms with E-state index < -0.39 is 0 Å². The molecule has 32 heavy (non-hydrogen) atoms. The average molecular weight is 449 g/mol. The van der Waals surface area contributed by atoms with Gasteiger partial charge in [0, 0.05) is 35.2 Å². The lowest BCUT2D eigenvalue weighted by atomic mass is 10.1. The SMILES string of the molecule is CC(c1ccccc1)N1CCCN(c2cccc(NC(=O)Nc3cccc(Cl)c3)c2)C1=O. The molecule has 0 spiro atoms. The van der Waals surface area contributed by atoms with Crippen LogP contribution in [0.15, 0.2) is 78.9 Å². The van der Waals surface area contributed by atoms with Crippen LogP contribution in [0.5, 0.6) is 0 Å². The first kappa shape index (κ1) is 21.7. The Morgan fingerprint density at radius 2 is 1.59 bits per heavy atom. The fraction of sp³-hybridized carbons (Fsp3) is 0.200. The van der Waals surface area contributed by atoms with Crippen molar-refractivity contribution in [3.8, 4) is 0 Å². The molecule has 1 heterocycles. The molecular weight excluding hydrogens is 424 g/mol. The Hall–Kier alpha value is -3.51. The van der Waals surface area contributed by atoms with Crippen molar-refractivity contribution in [3.05, 3.63) is 89.4 Å². The predicted molar refractivity (Wildman–Crippen MR) is 129 cm³/mol. The van der Waals surface area contributed by atoms with Crippen molar-refractivity contribution < 1.29 is 9.59 Å². The minimum Gasteiger partial charge on any atom is -0.318 e. The monoisotopic (exact) mass is 448 g/mol. The van der Waals surface area contributed by atoms with E-state index in [-0.39, 0.29) is 18.1 Å². The van der Waals surface area contributed by atoms with E-state index in [1.54, 1.807) is 35.2 Å². The second kappa shape index (κ2) is 9.75. The van der Waals surface area contributed by atoms with E-state index in [0.717, 1.165) is 17.7 Å². The topological polar surface area (TPSA) is 64.7 Å². The maximum Gasteiger partial charge on any atom is 0.324 e. The summed E-state index contributed by atoms with van der Waals surface area (Å²) in [6.45, 7) is 3.40. The van der Waals surface area contributed by atoms with Gasteiger partial charge in [0.05, 0.1) is 6.04 Å². The first-order valence-electron chi connectivity index (χ1n) is 10.6. The standard InChI is InChI=1S/C25H25ClN4O2/c1-18(19-8-3-2-4-9-19)29-14-7-15-30(25(29)32)23-13-6-12-22(17-23)28-24(31)27-21-11-5-10-20(26)16-21/h2-6,8-13,16-18H,7,14-15H2,1H3,(H2,27,28,31). The van der Waals surface area contributed by atoms with Crippen molar-refractivity contribution >= 4 is 40.7 Å². The summed E-state index contributed by atoms with van der Waals surface area (Å²) in [6.07, 6.45) is 0.871. The Balaban J connectivity index is 1.46. The average Bonchev–Trinajstić information content (AvgIpc) is 2.79. The van der Waals surface area contributed by atoms with Crippen LogP contribution >= 0.6 is 11.6 Å². The third-order valence-electron chi connectivity index (χ3n) is 5.51. The van der Waals surface area contributed by atoms with E-state index in [0.29, 0.717) is 29.5 Å². The number of nitrogens with zero attached hydrogens (tertiary/aromatic N) is 2. The van der Waals surface area contributed by atoms with E-state index in [1.165, 1.54) is 0 Å². The van der Waals surface area contributed by atoms with Gasteiger partial charge in [-0.2, -0.15) is 0 Å². The van der Waals surface area contributed by atoms with Gasteiger partial charge in [0.1, 0.15) is 0 Å². The summed E-state index contributed by atoms with van der Waals surface area (Å²) in [5.41, 5.74) is 3.06. The van der Waals surface area contributed by atoms with E-state index >= 15 is 0 Å². The maximum atomic E-state index is 13.3. The van der Waals surface area contributed by atoms with E-state index in [4.69, 9.17) is 11.6 Å². The fourth-order valence-corrected chi connectivity index (χ4v) is 4.06. The van der Waals surface area contributed by atoms with Crippen LogP contribution < -0.4 is 15.5 Å². The molecule has 1 unspecified atom stereocenters. The van der Waals surface area contributed by atoms with Crippen LogP contribution in [0.3, 0.4) is 0 Å². The first-order chi connectivity index (χ1) is 15.5. The van der Waals surface area contributed by atoms with Crippen LogP contribution in [0.4, 0.5) is 26.7 Å². The van der Waals surface area contributed by atoms with E-state index in [9.17, 15) is 9.59 Å². The van der Waals surface area contributed by atoms with Crippen molar-refractivity contribution in [2.45, 2.75) is 19.4 Å². The molecule has 6 nitrogen and oxygen atoms in total. The molecular formula is C25H25ClN4O2. The largest absolute Gasteiger partial charge is 0.324 e. The second-order valence-corrected chi connectivity index (χ2v) is 8.14. The second-order valence-electron chi connectivity index (χ2n) is 7.71. The Morgan fingerprint density at radius 1 is 0.906 bits per heavy atom. The van der Waals surface area contributed by atoms with Gasteiger partial charge in [-0.05, 0) is 55.3 Å². The third kappa shape index (κ3) is 5.03. The number of nitrogens with one attached hydrogen (secondary N) is 2. The number of benzene rings is 3. The number of carbonyl (C=O) groups is 2. The van der Waals surface area contributed by atoms with Crippen molar-refractivity contribution in [1.82, 2.24) is 4.90 Å². The molecule has 2 N–H and O–H groups in total. The van der Waals surface area contributed by atoms with Gasteiger partial charge in [0.25, 0.3) is 0 Å². The van der Waals surface area contributed by atoms with Gasteiger partial charge in [0.2, 0.25) is 0 Å². The summed E-state index contributed by atoms with van der Waals surface area (Å²) in [5.74, 6) is 0. The smallest absolute Gasteiger partial charge is 0.318 e. The predicted octanol–water partition coefficient (Wildman–Crippen LogP) is 6.38. The van der Waals surface area contributed by atoms with Crippen LogP contribution in [0, 0.1) is 0 Å². The molecule has 4 amide bonds. The number of hydrogen-bond donors (Lipinski definition) is 2. The number of rotatable bonds is 5. The van der Waals surface area contributed by atoms with Gasteiger partial charge in [-0.1, -0.05) is 54.1 Å². The minimum absolute atomic E-state index is 0.0173. The molecule has 3 aromatic rings. The fourth-order valence-electron chi connectivity index (χ4n) is 3.87. The summed E-state index contributed by atoms with van der Waals surface area (Å²) in [4.78, 5) is 29.3. The summed E-state index contributed by atoms with van der Waals surface area (Å²) in [6, 6.07) is 23.9. The van der Waals surface area contributed by atoms with Crippen LogP contribution in [0.25, 0.3) is 0 Å². The molecule has 164 valence electrons. The summed E-state index contributed by atoms with van der Waals surface area (Å²) in [5, 5.41) is 6.12. The van der Waals surface area contributed by atoms with Crippen molar-refractivity contribution in [2.75, 3.05) is 28.6 Å². The summed E-state index contributed by atoms with van der Waals surface area (Å²) in [7, 11) is 0. The van der Waals surface area contributed by atoms with Gasteiger partial charge >= 0.3 is 12.1 Å². The maximum absolute atomic E-state index is 13.3. The highest BCUT2D eigenvalue weighted by Gasteiger charge is 2.30. The zero-order chi connectivity index (χ0) is 22.5. The van der Waals surface area contributed by atoms with Crippen molar-refractivity contribution in [1.29, 1.82) is 0 Å². The number of halogens is 1. The molecule has 0 aliphatic carbocycles. The van der Waals surface area contributed by atoms with E-state index in [2.05, 4.69) is 17.6 Å². The zero-order valence-electron chi connectivity index (χ0n) is 17.8. The molecule has 1 saturated heterocycles. The minimum atomic E-state index is -0.381. The van der Waals surface area contributed by atoms with Gasteiger partial charge in [-0.15, -0.1) is 0 Å². The molecule has 7 heteroatoms. The molecule has 1 atom stereocenters. The lowest BCUT2D eigenvalue weighted by Crippen LogP contribution is -2.50. The number of carbonyl (C=O) groups excluding carboxylic acids is 2. The highest BCUT2D eigenvalue weighted by atomic mass is 35.5. The van der Waals surface area contributed by atoms with Gasteiger partial charge in [-0.3, -0.25) is 4.90 Å². The summed E-state index contributed by atoms with van der Waals surface area (Å²) < 4.78 is 0. The molecule has 0 bridgehead atoms. The van der Waals surface area contributed by atoms with Crippen LogP contribution in [0.2, 0.25) is 5.02 Å². The highest BCUT2D eigenvalue weighted by molar-refractivity contribution is 6.30. The highest BCUT2D eigenvalue weighted by Crippen LogP contribution is 2.28. The zero-order valence-corrected chi connectivity index (χ0v) is 18.5. The Kier molecular flexibility index (Phi) is 6.61. The lowest BCUT2D eigenvalue weighted by molar-refractivity contribution is 0.175.